The minimum absolute atomic E-state index is 0.669. The quantitative estimate of drug-likeness (QED) is 0.117. The average Bonchev–Trinajstić information content (AvgIpc) is 2.65. The number of alkyl halides is 1. The summed E-state index contributed by atoms with van der Waals surface area (Å²) >= 11 is 12.2. The molecule has 0 fully saturated rings. The third-order valence-electron chi connectivity index (χ3n) is 3.16. The topological polar surface area (TPSA) is 72.9 Å². The van der Waals surface area contributed by atoms with Crippen molar-refractivity contribution < 1.29 is 8.23 Å². The number of hydrogen-bond donors (Lipinski definition) is 1. The van der Waals surface area contributed by atoms with E-state index in [0.717, 1.165) is 10.5 Å². The van der Waals surface area contributed by atoms with E-state index in [1.807, 2.05) is 6.07 Å². The van der Waals surface area contributed by atoms with Crippen molar-refractivity contribution in [2.24, 2.45) is 0 Å². The van der Waals surface area contributed by atoms with Gasteiger partial charge in [-0.1, -0.05) is 24.0 Å². The highest BCUT2D eigenvalue weighted by Crippen LogP contribution is 2.22. The maximum absolute atomic E-state index is 6.25. The van der Waals surface area contributed by atoms with Crippen molar-refractivity contribution in [2.75, 3.05) is 10.9 Å². The van der Waals surface area contributed by atoms with Crippen LogP contribution in [0, 0.1) is 4.64 Å². The van der Waals surface area contributed by atoms with E-state index >= 15 is 0 Å². The Morgan fingerprint density at radius 2 is 1.39 bits per heavy atom. The normalized spacial score (nSPS) is 12.2. The molecule has 0 spiro atoms. The molecule has 0 saturated carbocycles. The van der Waals surface area contributed by atoms with E-state index in [1.54, 1.807) is 42.7 Å². The molecule has 0 saturated heterocycles. The standard InChI is InChI=1S/C10H20N2OSSi2.C6H17ClOSi2.C4H4N2S/c1-15(2,3)13-16(4,5)9-14-10-11-7-6-8-12-10;1-9(2,3)8-10(4,5)6-7;7-4-3-5-1-2-6-4/h6-8H,9H2,1-5H3;6H2,1-5H3;1-3H,(H,6,7). The van der Waals surface area contributed by atoms with Crippen LogP contribution >= 0.6 is 35.6 Å². The molecule has 0 bridgehead atoms. The Morgan fingerprint density at radius 3 is 1.73 bits per heavy atom. The van der Waals surface area contributed by atoms with Gasteiger partial charge >= 0.3 is 0 Å². The second-order valence-electron chi connectivity index (χ2n) is 10.5. The van der Waals surface area contributed by atoms with Crippen LogP contribution < -0.4 is 0 Å². The molecule has 0 aromatic carbocycles. The van der Waals surface area contributed by atoms with E-state index in [9.17, 15) is 0 Å². The predicted molar refractivity (Wildman–Crippen MR) is 157 cm³/mol. The highest BCUT2D eigenvalue weighted by atomic mass is 35.5. The molecule has 2 aromatic rings. The van der Waals surface area contributed by atoms with E-state index in [1.165, 1.54) is 0 Å². The Kier molecular flexibility index (Phi) is 14.9. The molecule has 0 radical (unpaired) electrons. The fourth-order valence-electron chi connectivity index (χ4n) is 2.62. The lowest BCUT2D eigenvalue weighted by atomic mass is 10.7. The monoisotopic (exact) mass is 580 g/mol. The molecule has 0 atom stereocenters. The third kappa shape index (κ3) is 20.9. The van der Waals surface area contributed by atoms with Crippen LogP contribution in [-0.2, 0) is 8.23 Å². The lowest BCUT2D eigenvalue weighted by molar-refractivity contribution is 0.556. The Bertz CT molecular complexity index is 831. The minimum atomic E-state index is -1.58. The van der Waals surface area contributed by atoms with Gasteiger partial charge < -0.3 is 13.2 Å². The molecule has 0 aliphatic carbocycles. The van der Waals surface area contributed by atoms with Gasteiger partial charge in [-0.15, -0.1) is 11.6 Å². The molecule has 188 valence electrons. The van der Waals surface area contributed by atoms with E-state index < -0.39 is 33.3 Å². The zero-order chi connectivity index (χ0) is 25.8. The van der Waals surface area contributed by atoms with Crippen molar-refractivity contribution in [1.82, 2.24) is 19.9 Å². The Balaban J connectivity index is 0.000000513. The summed E-state index contributed by atoms with van der Waals surface area (Å²) in [5, 5.41) is 1.86. The lowest BCUT2D eigenvalue weighted by Gasteiger charge is -2.30. The van der Waals surface area contributed by atoms with E-state index in [0.29, 0.717) is 10.1 Å². The smallest absolute Gasteiger partial charge is 0.188 e. The SMILES string of the molecule is C[Si](C)(C)O[Si](C)(C)CCl.C[Si](C)(C)O[Si](C)(C)CSc1ncccn1.S=c1cncc[nH]1. The van der Waals surface area contributed by atoms with Crippen molar-refractivity contribution >= 4 is 68.9 Å². The number of rotatable bonds is 8. The summed E-state index contributed by atoms with van der Waals surface area (Å²) in [6.07, 6.45) is 8.50. The van der Waals surface area contributed by atoms with Crippen LogP contribution in [0.2, 0.25) is 65.5 Å². The number of aromatic amines is 1. The first-order chi connectivity index (χ1) is 14.9. The van der Waals surface area contributed by atoms with Gasteiger partial charge in [-0.05, 0) is 71.5 Å². The zero-order valence-electron chi connectivity index (χ0n) is 21.7. The first-order valence-electron chi connectivity index (χ1n) is 10.8. The summed E-state index contributed by atoms with van der Waals surface area (Å²) in [4.78, 5) is 14.9. The van der Waals surface area contributed by atoms with Gasteiger partial charge in [0.2, 0.25) is 0 Å². The van der Waals surface area contributed by atoms with Crippen LogP contribution in [0.1, 0.15) is 0 Å². The number of thioether (sulfide) groups is 1. The second-order valence-corrected chi connectivity index (χ2v) is 30.9. The molecule has 2 aromatic heterocycles. The first-order valence-corrected chi connectivity index (χ1v) is 25.8. The number of H-pyrrole nitrogens is 1. The molecule has 0 aliphatic heterocycles. The molecule has 2 rings (SSSR count). The van der Waals surface area contributed by atoms with Gasteiger partial charge in [0.15, 0.2) is 38.4 Å². The van der Waals surface area contributed by atoms with Crippen LogP contribution in [0.15, 0.2) is 42.2 Å². The molecule has 2 heterocycles. The van der Waals surface area contributed by atoms with Crippen LogP contribution in [-0.4, -0.2) is 64.1 Å². The van der Waals surface area contributed by atoms with E-state index in [-0.39, 0.29) is 0 Å². The number of aromatic nitrogens is 4. The molecule has 6 nitrogen and oxygen atoms in total. The van der Waals surface area contributed by atoms with Gasteiger partial charge in [-0.3, -0.25) is 4.98 Å². The number of hydrogen-bond acceptors (Lipinski definition) is 7. The van der Waals surface area contributed by atoms with Crippen LogP contribution in [0.25, 0.3) is 0 Å². The largest absolute Gasteiger partial charge is 0.455 e. The molecule has 0 aliphatic rings. The highest BCUT2D eigenvalue weighted by Gasteiger charge is 2.30. The first kappa shape index (κ1) is 32.8. The lowest BCUT2D eigenvalue weighted by Crippen LogP contribution is -2.44. The zero-order valence-corrected chi connectivity index (χ0v) is 28.1. The molecule has 33 heavy (non-hydrogen) atoms. The number of nitrogens with zero attached hydrogens (tertiary/aromatic N) is 3. The molecule has 0 amide bonds. The molecular formula is C20H41ClN4O2S2Si4. The maximum Gasteiger partial charge on any atom is 0.188 e. The summed E-state index contributed by atoms with van der Waals surface area (Å²) < 4.78 is 12.8. The van der Waals surface area contributed by atoms with Crippen molar-refractivity contribution in [3.8, 4) is 0 Å². The molecule has 1 N–H and O–H groups in total. The van der Waals surface area contributed by atoms with Crippen LogP contribution in [0.3, 0.4) is 0 Å². The average molecular weight is 582 g/mol. The Hall–Kier alpha value is -0.192. The summed E-state index contributed by atoms with van der Waals surface area (Å²) in [5.74, 6) is 0. The van der Waals surface area contributed by atoms with Gasteiger partial charge in [0.05, 0.1) is 6.20 Å². The van der Waals surface area contributed by atoms with Crippen LogP contribution in [0.4, 0.5) is 0 Å². The minimum Gasteiger partial charge on any atom is -0.455 e. The second kappa shape index (κ2) is 15.0. The highest BCUT2D eigenvalue weighted by molar-refractivity contribution is 8.00. The third-order valence-corrected chi connectivity index (χ3v) is 19.1. The predicted octanol–water partition coefficient (Wildman–Crippen LogP) is 7.12. The van der Waals surface area contributed by atoms with Crippen LogP contribution in [0.5, 0.6) is 0 Å². The van der Waals surface area contributed by atoms with Gasteiger partial charge in [-0.2, -0.15) is 0 Å². The summed E-state index contributed by atoms with van der Waals surface area (Å²) in [6.45, 7) is 22.2. The van der Waals surface area contributed by atoms with Gasteiger partial charge in [-0.25, -0.2) is 9.97 Å². The van der Waals surface area contributed by atoms with Gasteiger partial charge in [0, 0.05) is 35.7 Å². The maximum atomic E-state index is 6.25. The molecule has 0 unspecified atom stereocenters. The van der Waals surface area contributed by atoms with Crippen molar-refractivity contribution in [1.29, 1.82) is 0 Å². The van der Waals surface area contributed by atoms with E-state index in [2.05, 4.69) is 85.4 Å². The van der Waals surface area contributed by atoms with Crippen molar-refractivity contribution in [3.63, 3.8) is 0 Å². The molecule has 13 heteroatoms. The summed E-state index contributed by atoms with van der Waals surface area (Å²) in [5.41, 5.74) is 0.706. The fraction of sp³-hybridized carbons (Fsp3) is 0.600. The number of nitrogens with one attached hydrogen (secondary N) is 1. The van der Waals surface area contributed by atoms with E-state index in [4.69, 9.17) is 32.0 Å². The fourth-order valence-corrected chi connectivity index (χ4v) is 19.7. The van der Waals surface area contributed by atoms with Gasteiger partial charge in [0.25, 0.3) is 0 Å². The Labute approximate surface area is 219 Å². The van der Waals surface area contributed by atoms with Gasteiger partial charge in [0.1, 0.15) is 4.64 Å². The Morgan fingerprint density at radius 1 is 0.879 bits per heavy atom. The van der Waals surface area contributed by atoms with Crippen molar-refractivity contribution in [3.05, 3.63) is 41.7 Å². The summed E-state index contributed by atoms with van der Waals surface area (Å²) in [7, 11) is -5.82. The summed E-state index contributed by atoms with van der Waals surface area (Å²) in [6, 6.07) is 1.84. The molecular weight excluding hydrogens is 540 g/mol. The van der Waals surface area contributed by atoms with Crippen molar-refractivity contribution in [2.45, 2.75) is 70.6 Å². The number of halogens is 1.